The van der Waals surface area contributed by atoms with E-state index in [1.807, 2.05) is 24.3 Å². The van der Waals surface area contributed by atoms with E-state index in [0.29, 0.717) is 12.8 Å². The molecule has 2 aliphatic rings. The predicted molar refractivity (Wildman–Crippen MR) is 103 cm³/mol. The molecular formula is C22H26N2O2. The lowest BCUT2D eigenvalue weighted by Gasteiger charge is -2.38. The number of benzene rings is 2. The average Bonchev–Trinajstić information content (AvgIpc) is 3.12. The highest BCUT2D eigenvalue weighted by atomic mass is 16.3. The number of aliphatic hydroxyl groups is 1. The van der Waals surface area contributed by atoms with E-state index >= 15 is 0 Å². The normalized spacial score (nSPS) is 19.0. The quantitative estimate of drug-likeness (QED) is 0.813. The number of ketones is 1. The molecule has 0 aliphatic carbocycles. The van der Waals surface area contributed by atoms with E-state index in [4.69, 9.17) is 0 Å². The molecule has 26 heavy (non-hydrogen) atoms. The van der Waals surface area contributed by atoms with Crippen molar-refractivity contribution in [3.63, 3.8) is 0 Å². The molecule has 1 fully saturated rings. The van der Waals surface area contributed by atoms with Gasteiger partial charge in [0.15, 0.2) is 5.78 Å². The van der Waals surface area contributed by atoms with Crippen molar-refractivity contribution < 1.29 is 9.90 Å². The monoisotopic (exact) mass is 350 g/mol. The highest BCUT2D eigenvalue weighted by Crippen LogP contribution is 2.29. The molecule has 0 unspecified atom stereocenters. The van der Waals surface area contributed by atoms with Gasteiger partial charge in [0.25, 0.3) is 0 Å². The van der Waals surface area contributed by atoms with Crippen LogP contribution in [0.4, 0.5) is 5.69 Å². The standard InChI is InChI=1S/C22H26N2O2/c25-21(19-6-7-20-18(14-19)8-11-23-20)15-22(26)9-12-24(13-10-22)16-17-4-2-1-3-5-17/h1-7,14,23,26H,8-13,15-16H2. The number of nitrogens with one attached hydrogen (secondary N) is 1. The third-order valence-electron chi connectivity index (χ3n) is 5.66. The van der Waals surface area contributed by atoms with Crippen LogP contribution in [-0.4, -0.2) is 41.0 Å². The number of carbonyl (C=O) groups is 1. The van der Waals surface area contributed by atoms with Gasteiger partial charge in [-0.2, -0.15) is 0 Å². The first-order valence-corrected chi connectivity index (χ1v) is 9.50. The molecule has 136 valence electrons. The van der Waals surface area contributed by atoms with Gasteiger partial charge in [-0.25, -0.2) is 0 Å². The van der Waals surface area contributed by atoms with Gasteiger partial charge in [0.05, 0.1) is 5.60 Å². The average molecular weight is 350 g/mol. The van der Waals surface area contributed by atoms with Crippen molar-refractivity contribution in [2.75, 3.05) is 25.0 Å². The molecule has 4 rings (SSSR count). The number of piperidine rings is 1. The lowest BCUT2D eigenvalue weighted by Crippen LogP contribution is -2.45. The van der Waals surface area contributed by atoms with Crippen LogP contribution in [0.5, 0.6) is 0 Å². The molecule has 2 aliphatic heterocycles. The van der Waals surface area contributed by atoms with Crippen molar-refractivity contribution in [3.05, 3.63) is 65.2 Å². The van der Waals surface area contributed by atoms with Crippen LogP contribution in [0, 0.1) is 0 Å². The SMILES string of the molecule is O=C(CC1(O)CCN(Cc2ccccc2)CC1)c1ccc2c(c1)CCN2. The highest BCUT2D eigenvalue weighted by molar-refractivity contribution is 5.97. The number of carbonyl (C=O) groups excluding carboxylic acids is 1. The minimum absolute atomic E-state index is 0.0544. The van der Waals surface area contributed by atoms with Crippen molar-refractivity contribution in [1.29, 1.82) is 0 Å². The molecule has 2 heterocycles. The maximum absolute atomic E-state index is 12.7. The Hall–Kier alpha value is -2.17. The zero-order chi connectivity index (χ0) is 18.0. The number of nitrogens with zero attached hydrogens (tertiary/aromatic N) is 1. The summed E-state index contributed by atoms with van der Waals surface area (Å²) in [6.07, 6.45) is 2.49. The second-order valence-electron chi connectivity index (χ2n) is 7.63. The summed E-state index contributed by atoms with van der Waals surface area (Å²) >= 11 is 0. The first kappa shape index (κ1) is 17.3. The van der Waals surface area contributed by atoms with Crippen LogP contribution in [0.25, 0.3) is 0 Å². The fourth-order valence-corrected chi connectivity index (χ4v) is 4.02. The van der Waals surface area contributed by atoms with Crippen LogP contribution in [0.1, 0.15) is 40.7 Å². The Morgan fingerprint density at radius 2 is 1.88 bits per heavy atom. The summed E-state index contributed by atoms with van der Waals surface area (Å²) in [5.41, 5.74) is 3.49. The number of anilines is 1. The van der Waals surface area contributed by atoms with Crippen LogP contribution >= 0.6 is 0 Å². The van der Waals surface area contributed by atoms with Crippen molar-refractivity contribution in [2.45, 2.75) is 37.8 Å². The first-order chi connectivity index (χ1) is 12.6. The van der Waals surface area contributed by atoms with E-state index < -0.39 is 5.60 Å². The van der Waals surface area contributed by atoms with Gasteiger partial charge in [0.2, 0.25) is 0 Å². The molecule has 4 nitrogen and oxygen atoms in total. The number of rotatable bonds is 5. The zero-order valence-electron chi connectivity index (χ0n) is 15.1. The van der Waals surface area contributed by atoms with Crippen molar-refractivity contribution >= 4 is 11.5 Å². The summed E-state index contributed by atoms with van der Waals surface area (Å²) in [5, 5.41) is 14.2. The van der Waals surface area contributed by atoms with Crippen LogP contribution in [0.2, 0.25) is 0 Å². The number of Topliss-reactive ketones (excluding diaryl/α,β-unsaturated/α-hetero) is 1. The molecule has 2 aromatic rings. The summed E-state index contributed by atoms with van der Waals surface area (Å²) < 4.78 is 0. The zero-order valence-corrected chi connectivity index (χ0v) is 15.1. The van der Waals surface area contributed by atoms with Crippen molar-refractivity contribution in [2.24, 2.45) is 0 Å². The maximum Gasteiger partial charge on any atom is 0.165 e. The highest BCUT2D eigenvalue weighted by Gasteiger charge is 2.34. The summed E-state index contributed by atoms with van der Waals surface area (Å²) in [7, 11) is 0. The number of hydrogen-bond donors (Lipinski definition) is 2. The second-order valence-corrected chi connectivity index (χ2v) is 7.63. The summed E-state index contributed by atoms with van der Waals surface area (Å²) in [6, 6.07) is 16.3. The summed E-state index contributed by atoms with van der Waals surface area (Å²) in [5.74, 6) is 0.0544. The summed E-state index contributed by atoms with van der Waals surface area (Å²) in [4.78, 5) is 15.1. The molecular weight excluding hydrogens is 324 g/mol. The molecule has 0 atom stereocenters. The van der Waals surface area contributed by atoms with Crippen molar-refractivity contribution in [1.82, 2.24) is 4.90 Å². The number of fused-ring (bicyclic) bond motifs is 1. The van der Waals surface area contributed by atoms with Gasteiger partial charge < -0.3 is 10.4 Å². The fraction of sp³-hybridized carbons (Fsp3) is 0.409. The van der Waals surface area contributed by atoms with E-state index in [1.165, 1.54) is 11.1 Å². The Bertz CT molecular complexity index is 780. The molecule has 0 aromatic heterocycles. The smallest absolute Gasteiger partial charge is 0.165 e. The fourth-order valence-electron chi connectivity index (χ4n) is 4.02. The Balaban J connectivity index is 1.34. The molecule has 4 heteroatoms. The minimum atomic E-state index is -0.873. The van der Waals surface area contributed by atoms with Gasteiger partial charge in [-0.3, -0.25) is 9.69 Å². The van der Waals surface area contributed by atoms with E-state index in [1.54, 1.807) is 0 Å². The van der Waals surface area contributed by atoms with Gasteiger partial charge in [0.1, 0.15) is 0 Å². The predicted octanol–water partition coefficient (Wildman–Crippen LogP) is 3.25. The largest absolute Gasteiger partial charge is 0.389 e. The van der Waals surface area contributed by atoms with Gasteiger partial charge in [-0.05, 0) is 48.6 Å². The topological polar surface area (TPSA) is 52.6 Å². The Morgan fingerprint density at radius 3 is 2.65 bits per heavy atom. The summed E-state index contributed by atoms with van der Waals surface area (Å²) in [6.45, 7) is 3.50. The van der Waals surface area contributed by atoms with Gasteiger partial charge in [-0.15, -0.1) is 0 Å². The molecule has 0 radical (unpaired) electrons. The molecule has 0 saturated carbocycles. The van der Waals surface area contributed by atoms with Gasteiger partial charge >= 0.3 is 0 Å². The maximum atomic E-state index is 12.7. The third-order valence-corrected chi connectivity index (χ3v) is 5.66. The van der Waals surface area contributed by atoms with Crippen LogP contribution in [0.15, 0.2) is 48.5 Å². The van der Waals surface area contributed by atoms with E-state index in [2.05, 4.69) is 34.5 Å². The second kappa shape index (κ2) is 7.22. The molecule has 2 aromatic carbocycles. The van der Waals surface area contributed by atoms with E-state index in [0.717, 1.165) is 43.9 Å². The molecule has 1 saturated heterocycles. The van der Waals surface area contributed by atoms with Gasteiger partial charge in [0, 0.05) is 43.9 Å². The Labute approximate surface area is 154 Å². The Morgan fingerprint density at radius 1 is 1.12 bits per heavy atom. The van der Waals surface area contributed by atoms with Crippen LogP contribution < -0.4 is 5.32 Å². The Kier molecular flexibility index (Phi) is 4.79. The lowest BCUT2D eigenvalue weighted by atomic mass is 9.85. The molecule has 0 bridgehead atoms. The van der Waals surface area contributed by atoms with Crippen LogP contribution in [-0.2, 0) is 13.0 Å². The first-order valence-electron chi connectivity index (χ1n) is 9.50. The van der Waals surface area contributed by atoms with Gasteiger partial charge in [-0.1, -0.05) is 30.3 Å². The van der Waals surface area contributed by atoms with E-state index in [-0.39, 0.29) is 12.2 Å². The van der Waals surface area contributed by atoms with Crippen molar-refractivity contribution in [3.8, 4) is 0 Å². The molecule has 2 N–H and O–H groups in total. The molecule has 0 amide bonds. The van der Waals surface area contributed by atoms with Crippen LogP contribution in [0.3, 0.4) is 0 Å². The molecule has 0 spiro atoms. The number of likely N-dealkylation sites (tertiary alicyclic amines) is 1. The van der Waals surface area contributed by atoms with E-state index in [9.17, 15) is 9.90 Å². The lowest BCUT2D eigenvalue weighted by molar-refractivity contribution is -0.0241. The third kappa shape index (κ3) is 3.81. The minimum Gasteiger partial charge on any atom is -0.389 e. The number of hydrogen-bond acceptors (Lipinski definition) is 4.